The third-order valence-corrected chi connectivity index (χ3v) is 5.32. The molecule has 0 saturated carbocycles. The molecular weight excluding hydrogens is 344 g/mol. The molecule has 4 rings (SSSR count). The van der Waals surface area contributed by atoms with Crippen molar-refractivity contribution in [2.45, 2.75) is 10.8 Å². The second kappa shape index (κ2) is 6.70. The fourth-order valence-electron chi connectivity index (χ4n) is 3.31. The number of fused-ring (bicyclic) bond motifs is 1. The van der Waals surface area contributed by atoms with Crippen LogP contribution in [0.1, 0.15) is 17.0 Å². The molecule has 3 aromatic rings. The zero-order valence-electron chi connectivity index (χ0n) is 14.1. The largest absolute Gasteiger partial charge is 0.422 e. The second-order valence-electron chi connectivity index (χ2n) is 6.01. The Morgan fingerprint density at radius 1 is 1.15 bits per heavy atom. The highest BCUT2D eigenvalue weighted by Crippen LogP contribution is 2.45. The normalized spacial score (nSPS) is 18.7. The van der Waals surface area contributed by atoms with E-state index in [9.17, 15) is 5.26 Å². The molecule has 0 aliphatic carbocycles. The third-order valence-electron chi connectivity index (χ3n) is 4.58. The van der Waals surface area contributed by atoms with E-state index in [1.54, 1.807) is 11.8 Å². The van der Waals surface area contributed by atoms with E-state index < -0.39 is 5.92 Å². The van der Waals surface area contributed by atoms with Crippen molar-refractivity contribution < 1.29 is 4.74 Å². The molecule has 26 heavy (non-hydrogen) atoms. The van der Waals surface area contributed by atoms with Crippen LogP contribution in [0.3, 0.4) is 0 Å². The van der Waals surface area contributed by atoms with Gasteiger partial charge in [0.25, 0.3) is 0 Å². The summed E-state index contributed by atoms with van der Waals surface area (Å²) in [6.07, 6.45) is 2.03. The standard InChI is InChI=1S/C20H16N4OS/c1-26-14-9-7-12(8-10-14)16-15(11-21)19(22)25-20-17(16)18(23-24-20)13-5-3-2-4-6-13/h2-10,15-16,22H,1H3,(H,23,24). The van der Waals surface area contributed by atoms with Gasteiger partial charge in [-0.25, -0.2) is 0 Å². The number of hydrogen-bond donors (Lipinski definition) is 2. The van der Waals surface area contributed by atoms with E-state index in [1.807, 2.05) is 60.9 Å². The van der Waals surface area contributed by atoms with E-state index in [2.05, 4.69) is 16.3 Å². The van der Waals surface area contributed by atoms with Crippen molar-refractivity contribution in [3.63, 3.8) is 0 Å². The van der Waals surface area contributed by atoms with Crippen LogP contribution in [0.4, 0.5) is 0 Å². The Morgan fingerprint density at radius 2 is 1.88 bits per heavy atom. The smallest absolute Gasteiger partial charge is 0.244 e. The fourth-order valence-corrected chi connectivity index (χ4v) is 3.72. The third kappa shape index (κ3) is 2.67. The Balaban J connectivity index is 1.90. The van der Waals surface area contributed by atoms with E-state index in [0.29, 0.717) is 5.88 Å². The lowest BCUT2D eigenvalue weighted by Gasteiger charge is -2.28. The number of nitrogens with one attached hydrogen (secondary N) is 2. The lowest BCUT2D eigenvalue weighted by atomic mass is 9.79. The minimum Gasteiger partial charge on any atom is -0.422 e. The van der Waals surface area contributed by atoms with Crippen LogP contribution in [0.2, 0.25) is 0 Å². The molecule has 5 nitrogen and oxygen atoms in total. The van der Waals surface area contributed by atoms with Crippen LogP contribution in [0, 0.1) is 22.7 Å². The number of rotatable bonds is 3. The van der Waals surface area contributed by atoms with Crippen LogP contribution in [-0.4, -0.2) is 22.4 Å². The highest BCUT2D eigenvalue weighted by Gasteiger charge is 2.40. The Kier molecular flexibility index (Phi) is 4.23. The molecule has 0 bridgehead atoms. The van der Waals surface area contributed by atoms with Gasteiger partial charge in [-0.2, -0.15) is 5.26 Å². The van der Waals surface area contributed by atoms with Crippen LogP contribution in [0.5, 0.6) is 5.88 Å². The van der Waals surface area contributed by atoms with Gasteiger partial charge in [-0.3, -0.25) is 10.5 Å². The lowest BCUT2D eigenvalue weighted by Crippen LogP contribution is -2.30. The van der Waals surface area contributed by atoms with Gasteiger partial charge in [0.2, 0.25) is 11.8 Å². The summed E-state index contributed by atoms with van der Waals surface area (Å²) in [7, 11) is 0. The van der Waals surface area contributed by atoms with E-state index in [4.69, 9.17) is 10.1 Å². The minimum absolute atomic E-state index is 0.0648. The second-order valence-corrected chi connectivity index (χ2v) is 6.89. The van der Waals surface area contributed by atoms with Gasteiger partial charge in [0.1, 0.15) is 5.92 Å². The molecule has 2 aromatic carbocycles. The summed E-state index contributed by atoms with van der Waals surface area (Å²) in [5, 5.41) is 25.2. The van der Waals surface area contributed by atoms with E-state index in [0.717, 1.165) is 27.3 Å². The summed E-state index contributed by atoms with van der Waals surface area (Å²) >= 11 is 1.67. The molecule has 6 heteroatoms. The average Bonchev–Trinajstić information content (AvgIpc) is 3.11. The molecule has 128 valence electrons. The molecule has 1 aliphatic rings. The van der Waals surface area contributed by atoms with Crippen molar-refractivity contribution in [1.82, 2.24) is 10.2 Å². The predicted molar refractivity (Wildman–Crippen MR) is 102 cm³/mol. The van der Waals surface area contributed by atoms with Crippen LogP contribution in [0.25, 0.3) is 11.3 Å². The van der Waals surface area contributed by atoms with Crippen molar-refractivity contribution >= 4 is 17.7 Å². The van der Waals surface area contributed by atoms with Crippen molar-refractivity contribution in [3.8, 4) is 23.2 Å². The number of nitrogens with zero attached hydrogens (tertiary/aromatic N) is 2. The van der Waals surface area contributed by atoms with Gasteiger partial charge in [0.15, 0.2) is 0 Å². The molecule has 2 N–H and O–H groups in total. The summed E-state index contributed by atoms with van der Waals surface area (Å²) in [5.41, 5.74) is 3.60. The van der Waals surface area contributed by atoms with E-state index in [1.165, 1.54) is 0 Å². The van der Waals surface area contributed by atoms with Crippen molar-refractivity contribution in [3.05, 3.63) is 65.7 Å². The lowest BCUT2D eigenvalue weighted by molar-refractivity contribution is 0.437. The number of H-pyrrole nitrogens is 1. The number of hydrogen-bond acceptors (Lipinski definition) is 5. The maximum atomic E-state index is 9.71. The van der Waals surface area contributed by atoms with Gasteiger partial charge < -0.3 is 4.74 Å². The van der Waals surface area contributed by atoms with Gasteiger partial charge in [-0.15, -0.1) is 16.9 Å². The molecule has 1 aliphatic heterocycles. The maximum Gasteiger partial charge on any atom is 0.244 e. The number of ether oxygens (including phenoxy) is 1. The topological polar surface area (TPSA) is 85.5 Å². The highest BCUT2D eigenvalue weighted by molar-refractivity contribution is 7.98. The minimum atomic E-state index is -0.692. The fraction of sp³-hybridized carbons (Fsp3) is 0.150. The van der Waals surface area contributed by atoms with Gasteiger partial charge in [0.05, 0.1) is 17.3 Å². The first-order valence-electron chi connectivity index (χ1n) is 8.16. The van der Waals surface area contributed by atoms with Crippen LogP contribution < -0.4 is 4.74 Å². The first-order valence-corrected chi connectivity index (χ1v) is 9.39. The Bertz CT molecular complexity index is 989. The zero-order valence-corrected chi connectivity index (χ0v) is 14.9. The van der Waals surface area contributed by atoms with Crippen molar-refractivity contribution in [1.29, 1.82) is 10.7 Å². The van der Waals surface area contributed by atoms with Crippen LogP contribution in [0.15, 0.2) is 59.5 Å². The van der Waals surface area contributed by atoms with Gasteiger partial charge >= 0.3 is 0 Å². The zero-order chi connectivity index (χ0) is 18.1. The van der Waals surface area contributed by atoms with Crippen LogP contribution >= 0.6 is 11.8 Å². The monoisotopic (exact) mass is 360 g/mol. The Labute approximate surface area is 155 Å². The average molecular weight is 360 g/mol. The van der Waals surface area contributed by atoms with Crippen molar-refractivity contribution in [2.24, 2.45) is 5.92 Å². The summed E-state index contributed by atoms with van der Waals surface area (Å²) in [6, 6.07) is 20.2. The summed E-state index contributed by atoms with van der Waals surface area (Å²) in [5.74, 6) is -0.687. The summed E-state index contributed by atoms with van der Waals surface area (Å²) in [6.45, 7) is 0. The summed E-state index contributed by atoms with van der Waals surface area (Å²) in [4.78, 5) is 1.15. The van der Waals surface area contributed by atoms with Gasteiger partial charge in [-0.1, -0.05) is 42.5 Å². The molecule has 2 atom stereocenters. The molecule has 2 heterocycles. The molecule has 1 aromatic heterocycles. The number of aromatic nitrogens is 2. The molecule has 0 fully saturated rings. The van der Waals surface area contributed by atoms with Crippen molar-refractivity contribution in [2.75, 3.05) is 6.26 Å². The van der Waals surface area contributed by atoms with E-state index in [-0.39, 0.29) is 11.8 Å². The number of benzene rings is 2. The first-order chi connectivity index (χ1) is 12.7. The number of nitriles is 1. The summed E-state index contributed by atoms with van der Waals surface area (Å²) < 4.78 is 5.55. The quantitative estimate of drug-likeness (QED) is 0.676. The van der Waals surface area contributed by atoms with Gasteiger partial charge in [0, 0.05) is 10.8 Å². The predicted octanol–water partition coefficient (Wildman–Crippen LogP) is 4.44. The molecule has 0 radical (unpaired) electrons. The molecule has 2 unspecified atom stereocenters. The number of thioether (sulfide) groups is 1. The SMILES string of the molecule is CSc1ccc(C2c3c(n[nH]c3-c3ccccc3)OC(=N)C2C#N)cc1. The maximum absolute atomic E-state index is 9.71. The number of aromatic amines is 1. The van der Waals surface area contributed by atoms with Gasteiger partial charge in [-0.05, 0) is 29.5 Å². The molecule has 0 amide bonds. The molecular formula is C20H16N4OS. The first kappa shape index (κ1) is 16.4. The molecule has 0 spiro atoms. The Morgan fingerprint density at radius 3 is 2.54 bits per heavy atom. The van der Waals surface area contributed by atoms with E-state index >= 15 is 0 Å². The van der Waals surface area contributed by atoms with Crippen LogP contribution in [-0.2, 0) is 0 Å². The highest BCUT2D eigenvalue weighted by atomic mass is 32.2. The molecule has 0 saturated heterocycles. The Hall–Kier alpha value is -3.04.